The first-order chi connectivity index (χ1) is 9.61. The van der Waals surface area contributed by atoms with Crippen molar-refractivity contribution >= 4 is 27.4 Å². The molecule has 3 atom stereocenters. The van der Waals surface area contributed by atoms with Gasteiger partial charge in [-0.2, -0.15) is 0 Å². The second-order valence-corrected chi connectivity index (χ2v) is 6.38. The number of hydrogen-bond acceptors (Lipinski definition) is 5. The molecule has 3 heterocycles. The Labute approximate surface area is 125 Å². The fourth-order valence-corrected chi connectivity index (χ4v) is 3.89. The van der Waals surface area contributed by atoms with Gasteiger partial charge in [-0.1, -0.05) is 6.92 Å². The number of nitrogens with one attached hydrogen (secondary N) is 1. The van der Waals surface area contributed by atoms with E-state index in [4.69, 9.17) is 0 Å². The van der Waals surface area contributed by atoms with Gasteiger partial charge in [0.2, 0.25) is 5.82 Å². The summed E-state index contributed by atoms with van der Waals surface area (Å²) in [5.41, 5.74) is 0.0887. The topological polar surface area (TPSA) is 71.3 Å². The zero-order valence-corrected chi connectivity index (χ0v) is 12.8. The van der Waals surface area contributed by atoms with Crippen LogP contribution in [0.3, 0.4) is 0 Å². The molecular weight excluding hydrogens is 324 g/mol. The largest absolute Gasteiger partial charge is 0.347 e. The quantitative estimate of drug-likeness (QED) is 0.674. The maximum absolute atomic E-state index is 11.3. The first-order valence-corrected chi connectivity index (χ1v) is 7.68. The highest BCUT2D eigenvalue weighted by molar-refractivity contribution is 9.10. The normalized spacial score (nSPS) is 28.7. The predicted molar refractivity (Wildman–Crippen MR) is 79.9 cm³/mol. The van der Waals surface area contributed by atoms with Crippen molar-refractivity contribution < 1.29 is 4.92 Å². The first-order valence-electron chi connectivity index (χ1n) is 6.89. The summed E-state index contributed by atoms with van der Waals surface area (Å²) in [7, 11) is 0. The van der Waals surface area contributed by atoms with Gasteiger partial charge >= 0.3 is 5.69 Å². The average molecular weight is 341 g/mol. The van der Waals surface area contributed by atoms with E-state index < -0.39 is 0 Å². The third-order valence-electron chi connectivity index (χ3n) is 4.42. The van der Waals surface area contributed by atoms with Gasteiger partial charge in [-0.05, 0) is 34.2 Å². The Morgan fingerprint density at radius 3 is 3.10 bits per heavy atom. The molecule has 0 amide bonds. The predicted octanol–water partition coefficient (Wildman–Crippen LogP) is 2.19. The van der Waals surface area contributed by atoms with Crippen LogP contribution in [0.15, 0.2) is 16.7 Å². The minimum absolute atomic E-state index is 0.0887. The van der Waals surface area contributed by atoms with Crippen LogP contribution in [0.5, 0.6) is 0 Å². The van der Waals surface area contributed by atoms with Crippen molar-refractivity contribution in [1.29, 1.82) is 0 Å². The van der Waals surface area contributed by atoms with Crippen molar-refractivity contribution in [2.75, 3.05) is 24.5 Å². The number of rotatable bonds is 3. The lowest BCUT2D eigenvalue weighted by Crippen LogP contribution is -2.36. The van der Waals surface area contributed by atoms with Crippen LogP contribution in [0.25, 0.3) is 0 Å². The molecular formula is C13H17BrN4O2. The average Bonchev–Trinajstić information content (AvgIpc) is 2.98. The number of aromatic nitrogens is 1. The molecule has 7 heteroatoms. The number of nitro groups is 1. The summed E-state index contributed by atoms with van der Waals surface area (Å²) < 4.78 is 0.641. The third-order valence-corrected chi connectivity index (χ3v) is 4.85. The molecule has 3 unspecified atom stereocenters. The Morgan fingerprint density at radius 1 is 1.60 bits per heavy atom. The van der Waals surface area contributed by atoms with Gasteiger partial charge in [-0.15, -0.1) is 0 Å². The number of nitrogens with zero attached hydrogens (tertiary/aromatic N) is 3. The summed E-state index contributed by atoms with van der Waals surface area (Å²) in [6.45, 7) is 5.00. The van der Waals surface area contributed by atoms with E-state index >= 15 is 0 Å². The molecule has 1 aromatic rings. The van der Waals surface area contributed by atoms with Gasteiger partial charge < -0.3 is 10.2 Å². The minimum Gasteiger partial charge on any atom is -0.347 e. The molecule has 2 aliphatic heterocycles. The highest BCUT2D eigenvalue weighted by atomic mass is 79.9. The first kappa shape index (κ1) is 13.8. The maximum atomic E-state index is 11.3. The van der Waals surface area contributed by atoms with Crippen LogP contribution in [-0.4, -0.2) is 35.6 Å². The lowest BCUT2D eigenvalue weighted by molar-refractivity contribution is -0.384. The molecule has 1 aromatic heterocycles. The lowest BCUT2D eigenvalue weighted by Gasteiger charge is -2.27. The van der Waals surface area contributed by atoms with E-state index in [1.165, 1.54) is 0 Å². The van der Waals surface area contributed by atoms with E-state index in [1.807, 2.05) is 0 Å². The van der Waals surface area contributed by atoms with Gasteiger partial charge in [0.25, 0.3) is 0 Å². The molecule has 2 fully saturated rings. The van der Waals surface area contributed by atoms with E-state index in [-0.39, 0.29) is 10.6 Å². The highest BCUT2D eigenvalue weighted by Gasteiger charge is 2.45. The monoisotopic (exact) mass is 340 g/mol. The van der Waals surface area contributed by atoms with Crippen molar-refractivity contribution in [3.8, 4) is 0 Å². The van der Waals surface area contributed by atoms with Crippen LogP contribution < -0.4 is 10.2 Å². The zero-order chi connectivity index (χ0) is 14.3. The number of anilines is 1. The standard InChI is InChI=1S/C13H17BrN4O2/c1-2-11-10-6-15-4-8(10)7-17(11)13-12(18(19)20)3-9(14)5-16-13/h3,5,8,10-11,15H,2,4,6-7H2,1H3. The van der Waals surface area contributed by atoms with Crippen LogP contribution in [-0.2, 0) is 0 Å². The van der Waals surface area contributed by atoms with E-state index in [9.17, 15) is 10.1 Å². The summed E-state index contributed by atoms with van der Waals surface area (Å²) in [6, 6.07) is 1.88. The van der Waals surface area contributed by atoms with Crippen LogP contribution in [0, 0.1) is 22.0 Å². The van der Waals surface area contributed by atoms with Crippen molar-refractivity contribution in [2.45, 2.75) is 19.4 Å². The van der Waals surface area contributed by atoms with Crippen LogP contribution in [0.2, 0.25) is 0 Å². The van der Waals surface area contributed by atoms with Gasteiger partial charge in [0.1, 0.15) is 0 Å². The maximum Gasteiger partial charge on any atom is 0.312 e. The number of halogens is 1. The smallest absolute Gasteiger partial charge is 0.312 e. The molecule has 0 aromatic carbocycles. The second kappa shape index (κ2) is 5.29. The number of hydrogen-bond donors (Lipinski definition) is 1. The minimum atomic E-state index is -0.341. The Hall–Kier alpha value is -1.21. The number of pyridine rings is 1. The molecule has 6 nitrogen and oxygen atoms in total. The van der Waals surface area contributed by atoms with Crippen molar-refractivity contribution in [2.24, 2.45) is 11.8 Å². The summed E-state index contributed by atoms with van der Waals surface area (Å²) in [4.78, 5) is 17.4. The van der Waals surface area contributed by atoms with Crippen LogP contribution >= 0.6 is 15.9 Å². The van der Waals surface area contributed by atoms with Gasteiger partial charge in [-0.3, -0.25) is 10.1 Å². The molecule has 0 radical (unpaired) electrons. The Bertz CT molecular complexity index is 539. The molecule has 108 valence electrons. The molecule has 0 spiro atoms. The Morgan fingerprint density at radius 2 is 2.40 bits per heavy atom. The third kappa shape index (κ3) is 2.18. The van der Waals surface area contributed by atoms with Crippen molar-refractivity contribution in [1.82, 2.24) is 10.3 Å². The van der Waals surface area contributed by atoms with E-state index in [0.29, 0.717) is 28.2 Å². The van der Waals surface area contributed by atoms with Crippen molar-refractivity contribution in [3.63, 3.8) is 0 Å². The van der Waals surface area contributed by atoms with Crippen molar-refractivity contribution in [3.05, 3.63) is 26.9 Å². The molecule has 3 rings (SSSR count). The number of fused-ring (bicyclic) bond motifs is 1. The van der Waals surface area contributed by atoms with Gasteiger partial charge in [0, 0.05) is 42.4 Å². The van der Waals surface area contributed by atoms with E-state index in [1.54, 1.807) is 12.3 Å². The van der Waals surface area contributed by atoms with Crippen LogP contribution in [0.4, 0.5) is 11.5 Å². The Kier molecular flexibility index (Phi) is 3.64. The summed E-state index contributed by atoms with van der Waals surface area (Å²) in [5.74, 6) is 1.66. The molecule has 0 aliphatic carbocycles. The molecule has 1 N–H and O–H groups in total. The van der Waals surface area contributed by atoms with E-state index in [2.05, 4.69) is 38.1 Å². The van der Waals surface area contributed by atoms with Gasteiger partial charge in [-0.25, -0.2) is 4.98 Å². The van der Waals surface area contributed by atoms with E-state index in [0.717, 1.165) is 26.1 Å². The molecule has 0 saturated carbocycles. The molecule has 2 saturated heterocycles. The summed E-state index contributed by atoms with van der Waals surface area (Å²) in [6.07, 6.45) is 2.62. The lowest BCUT2D eigenvalue weighted by atomic mass is 9.93. The van der Waals surface area contributed by atoms with Crippen LogP contribution in [0.1, 0.15) is 13.3 Å². The summed E-state index contributed by atoms with van der Waals surface area (Å²) >= 11 is 3.26. The zero-order valence-electron chi connectivity index (χ0n) is 11.3. The molecule has 2 aliphatic rings. The highest BCUT2D eigenvalue weighted by Crippen LogP contribution is 2.40. The summed E-state index contributed by atoms with van der Waals surface area (Å²) in [5, 5.41) is 14.7. The molecule has 0 bridgehead atoms. The second-order valence-electron chi connectivity index (χ2n) is 5.46. The Balaban J connectivity index is 1.98. The SMILES string of the molecule is CCC1C2CNCC2CN1c1ncc(Br)cc1[N+](=O)[O-]. The molecule has 20 heavy (non-hydrogen) atoms. The van der Waals surface area contributed by atoms with Gasteiger partial charge in [0.15, 0.2) is 0 Å². The fourth-order valence-electron chi connectivity index (χ4n) is 3.57. The fraction of sp³-hybridized carbons (Fsp3) is 0.615. The van der Waals surface area contributed by atoms with Gasteiger partial charge in [0.05, 0.1) is 4.92 Å².